The molecule has 1 fully saturated rings. The van der Waals surface area contributed by atoms with Gasteiger partial charge in [-0.3, -0.25) is 19.8 Å². The van der Waals surface area contributed by atoms with Crippen LogP contribution in [0.15, 0.2) is 48.2 Å². The summed E-state index contributed by atoms with van der Waals surface area (Å²) in [6.07, 6.45) is 8.69. The molecule has 0 spiro atoms. The Bertz CT molecular complexity index is 1310. The summed E-state index contributed by atoms with van der Waals surface area (Å²) in [4.78, 5) is 19.8. The van der Waals surface area contributed by atoms with Gasteiger partial charge in [0.1, 0.15) is 5.72 Å². The number of fused-ring (bicyclic) bond motifs is 2. The van der Waals surface area contributed by atoms with E-state index in [0.717, 1.165) is 71.6 Å². The highest BCUT2D eigenvalue weighted by Crippen LogP contribution is 2.40. The van der Waals surface area contributed by atoms with Gasteiger partial charge >= 0.3 is 0 Å². The highest BCUT2D eigenvalue weighted by molar-refractivity contribution is 5.99. The van der Waals surface area contributed by atoms with E-state index < -0.39 is 5.72 Å². The number of carbonyl (C=O) groups is 1. The number of aromatic amines is 1. The number of hydrogen-bond donors (Lipinski definition) is 3. The third-order valence-electron chi connectivity index (χ3n) is 7.78. The highest BCUT2D eigenvalue weighted by Gasteiger charge is 2.43. The van der Waals surface area contributed by atoms with Crippen LogP contribution in [-0.4, -0.2) is 50.2 Å². The number of nitrogens with zero attached hydrogens (tertiary/aromatic N) is 3. The molecule has 2 atom stereocenters. The number of nitrogens with one attached hydrogen (secondary N) is 2. The summed E-state index contributed by atoms with van der Waals surface area (Å²) in [6.45, 7) is 3.46. The number of carbonyl (C=O) groups excluding carboxylic acids is 1. The van der Waals surface area contributed by atoms with Crippen LogP contribution in [-0.2, 0) is 23.4 Å². The molecule has 1 saturated heterocycles. The fourth-order valence-electron chi connectivity index (χ4n) is 5.94. The molecule has 180 valence electrons. The largest absolute Gasteiger partial charge is 0.371 e. The number of rotatable bonds is 4. The Kier molecular flexibility index (Phi) is 5.54. The third kappa shape index (κ3) is 3.98. The van der Waals surface area contributed by atoms with Crippen molar-refractivity contribution in [3.05, 3.63) is 76.2 Å². The quantitative estimate of drug-likeness (QED) is 0.544. The fraction of sp³-hybridized carbons (Fsp3) is 0.393. The van der Waals surface area contributed by atoms with Gasteiger partial charge in [-0.1, -0.05) is 24.3 Å². The minimum Gasteiger partial charge on any atom is -0.371 e. The molecule has 1 aliphatic heterocycles. The lowest BCUT2D eigenvalue weighted by molar-refractivity contribution is -0.131. The van der Waals surface area contributed by atoms with E-state index in [9.17, 15) is 9.90 Å². The number of likely N-dealkylation sites (tertiary alicyclic amines) is 1. The van der Waals surface area contributed by atoms with Gasteiger partial charge in [-0.2, -0.15) is 5.10 Å². The van der Waals surface area contributed by atoms with Crippen molar-refractivity contribution >= 4 is 12.0 Å². The lowest BCUT2D eigenvalue weighted by atomic mass is 9.93. The molecule has 3 heterocycles. The molecule has 1 aromatic carbocycles. The van der Waals surface area contributed by atoms with Crippen LogP contribution < -0.4 is 5.32 Å². The number of aryl methyl sites for hydroxylation is 3. The van der Waals surface area contributed by atoms with Crippen LogP contribution in [0.5, 0.6) is 0 Å². The minimum absolute atomic E-state index is 0.0145. The lowest BCUT2D eigenvalue weighted by Gasteiger charge is -2.43. The van der Waals surface area contributed by atoms with Gasteiger partial charge in [0, 0.05) is 59.0 Å². The van der Waals surface area contributed by atoms with Gasteiger partial charge in [0.25, 0.3) is 0 Å². The highest BCUT2D eigenvalue weighted by atomic mass is 16.3. The summed E-state index contributed by atoms with van der Waals surface area (Å²) in [6, 6.07) is 12.2. The molecule has 3 N–H and O–H groups in total. The average Bonchev–Trinajstić information content (AvgIpc) is 3.46. The van der Waals surface area contributed by atoms with Crippen molar-refractivity contribution in [3.8, 4) is 11.3 Å². The first-order valence-corrected chi connectivity index (χ1v) is 12.6. The Hall–Kier alpha value is -3.29. The summed E-state index contributed by atoms with van der Waals surface area (Å²) >= 11 is 0. The second kappa shape index (κ2) is 8.73. The number of benzene rings is 1. The molecule has 0 radical (unpaired) electrons. The average molecular weight is 470 g/mol. The summed E-state index contributed by atoms with van der Waals surface area (Å²) in [5.41, 5.74) is 6.96. The van der Waals surface area contributed by atoms with Crippen LogP contribution in [0.3, 0.4) is 0 Å². The molecule has 3 aliphatic rings. The van der Waals surface area contributed by atoms with Crippen molar-refractivity contribution in [1.82, 2.24) is 25.4 Å². The molecule has 1 amide bonds. The molecule has 2 unspecified atom stereocenters. The second-order valence-corrected chi connectivity index (χ2v) is 10.1. The minimum atomic E-state index is -0.937. The van der Waals surface area contributed by atoms with E-state index in [2.05, 4.69) is 31.5 Å². The van der Waals surface area contributed by atoms with E-state index in [1.807, 2.05) is 43.3 Å². The van der Waals surface area contributed by atoms with E-state index in [0.29, 0.717) is 19.4 Å². The summed E-state index contributed by atoms with van der Waals surface area (Å²) in [7, 11) is 0. The topological polar surface area (TPSA) is 94.1 Å². The zero-order valence-electron chi connectivity index (χ0n) is 20.1. The van der Waals surface area contributed by atoms with E-state index in [4.69, 9.17) is 0 Å². The predicted molar refractivity (Wildman–Crippen MR) is 134 cm³/mol. The maximum absolute atomic E-state index is 13.3. The first-order chi connectivity index (χ1) is 17.0. The van der Waals surface area contributed by atoms with E-state index >= 15 is 0 Å². The van der Waals surface area contributed by atoms with E-state index in [-0.39, 0.29) is 11.9 Å². The van der Waals surface area contributed by atoms with Crippen LogP contribution >= 0.6 is 0 Å². The number of amides is 1. The molecule has 0 bridgehead atoms. The Morgan fingerprint density at radius 3 is 3.00 bits per heavy atom. The smallest absolute Gasteiger partial charge is 0.247 e. The molecule has 7 nitrogen and oxygen atoms in total. The van der Waals surface area contributed by atoms with Gasteiger partial charge in [-0.25, -0.2) is 0 Å². The Morgan fingerprint density at radius 2 is 2.11 bits per heavy atom. The zero-order chi connectivity index (χ0) is 24.0. The van der Waals surface area contributed by atoms with Gasteiger partial charge in [-0.05, 0) is 69.2 Å². The zero-order valence-corrected chi connectivity index (χ0v) is 20.1. The molecule has 3 aromatic rings. The summed E-state index contributed by atoms with van der Waals surface area (Å²) in [5, 5.41) is 22.6. The second-order valence-electron chi connectivity index (χ2n) is 10.1. The molecular formula is C28H31N5O2. The maximum Gasteiger partial charge on any atom is 0.247 e. The fourth-order valence-corrected chi connectivity index (χ4v) is 5.94. The molecule has 2 aliphatic carbocycles. The van der Waals surface area contributed by atoms with Gasteiger partial charge in [0.05, 0.1) is 5.69 Å². The predicted octanol–water partition coefficient (Wildman–Crippen LogP) is 3.48. The first-order valence-electron chi connectivity index (χ1n) is 12.6. The molecule has 0 saturated carbocycles. The van der Waals surface area contributed by atoms with Crippen LogP contribution in [0.4, 0.5) is 0 Å². The molecule has 2 aromatic heterocycles. The standard InChI is InChI=1S/C28H31N5O2/c1-18-15-20(11-13-29-18)26-23-16-21(8-9-25(23)31-32-26)27(34)30-22-6-4-14-33(17-22)28(35)12-10-19-5-2-3-7-24(19)28/h2-3,5,7,11,13,15-16,22,35H,4,6,8-10,12,14,17H2,1H3,(H,30,34)(H,31,32). The van der Waals surface area contributed by atoms with Gasteiger partial charge in [0.2, 0.25) is 5.91 Å². The number of hydrogen-bond acceptors (Lipinski definition) is 5. The monoisotopic (exact) mass is 469 g/mol. The van der Waals surface area contributed by atoms with Crippen molar-refractivity contribution in [2.24, 2.45) is 0 Å². The molecular weight excluding hydrogens is 438 g/mol. The normalized spacial score (nSPS) is 23.9. The molecule has 35 heavy (non-hydrogen) atoms. The third-order valence-corrected chi connectivity index (χ3v) is 7.78. The van der Waals surface area contributed by atoms with Crippen LogP contribution in [0.25, 0.3) is 17.3 Å². The van der Waals surface area contributed by atoms with Crippen molar-refractivity contribution < 1.29 is 9.90 Å². The van der Waals surface area contributed by atoms with Crippen molar-refractivity contribution in [2.75, 3.05) is 13.1 Å². The first kappa shape index (κ1) is 22.2. The Balaban J connectivity index is 1.19. The molecule has 7 heteroatoms. The number of aromatic nitrogens is 3. The SMILES string of the molecule is Cc1cc(-c2n[nH]c3c2C=C(C(=O)NC2CCCN(C4(O)CCc5ccccc54)C2)CC3)ccn1. The van der Waals surface area contributed by atoms with Gasteiger partial charge < -0.3 is 10.4 Å². The lowest BCUT2D eigenvalue weighted by Crippen LogP contribution is -2.55. The number of piperidine rings is 1. The van der Waals surface area contributed by atoms with Crippen LogP contribution in [0.1, 0.15) is 53.8 Å². The van der Waals surface area contributed by atoms with Gasteiger partial charge in [-0.15, -0.1) is 0 Å². The van der Waals surface area contributed by atoms with Crippen molar-refractivity contribution in [3.63, 3.8) is 0 Å². The summed E-state index contributed by atoms with van der Waals surface area (Å²) < 4.78 is 0. The maximum atomic E-state index is 13.3. The van der Waals surface area contributed by atoms with Crippen LogP contribution in [0, 0.1) is 6.92 Å². The Morgan fingerprint density at radius 1 is 1.23 bits per heavy atom. The number of pyridine rings is 1. The van der Waals surface area contributed by atoms with Crippen molar-refractivity contribution in [2.45, 2.75) is 57.2 Å². The molecule has 6 rings (SSSR count). The van der Waals surface area contributed by atoms with E-state index in [1.54, 1.807) is 6.20 Å². The number of H-pyrrole nitrogens is 1. The van der Waals surface area contributed by atoms with Crippen LogP contribution in [0.2, 0.25) is 0 Å². The Labute approximate surface area is 205 Å². The van der Waals surface area contributed by atoms with Gasteiger partial charge in [0.15, 0.2) is 0 Å². The van der Waals surface area contributed by atoms with E-state index in [1.165, 1.54) is 5.56 Å². The van der Waals surface area contributed by atoms with Crippen molar-refractivity contribution in [1.29, 1.82) is 0 Å². The summed E-state index contributed by atoms with van der Waals surface area (Å²) in [5.74, 6) is -0.0145. The number of aliphatic hydroxyl groups is 1.